The van der Waals surface area contributed by atoms with Crippen LogP contribution in [0.15, 0.2) is 36.4 Å². The molecule has 0 unspecified atom stereocenters. The summed E-state index contributed by atoms with van der Waals surface area (Å²) in [6.45, 7) is 0. The van der Waals surface area contributed by atoms with Crippen molar-refractivity contribution < 1.29 is 18.5 Å². The van der Waals surface area contributed by atoms with Gasteiger partial charge in [0.2, 0.25) is 0 Å². The summed E-state index contributed by atoms with van der Waals surface area (Å²) in [5.74, 6) is -2.99. The molecule has 0 heterocycles. The lowest BCUT2D eigenvalue weighted by Crippen LogP contribution is -2.09. The number of carbonyl (C=O) groups is 1. The quantitative estimate of drug-likeness (QED) is 0.488. The second kappa shape index (κ2) is 5.97. The van der Waals surface area contributed by atoms with Gasteiger partial charge in [-0.1, -0.05) is 29.8 Å². The maximum Gasteiger partial charge on any atom is 0.281 e. The molecule has 0 spiro atoms. The van der Waals surface area contributed by atoms with Gasteiger partial charge < -0.3 is 0 Å². The van der Waals surface area contributed by atoms with E-state index in [0.29, 0.717) is 0 Å². The third kappa shape index (κ3) is 3.05. The molecule has 108 valence electrons. The zero-order valence-electron chi connectivity index (χ0n) is 10.5. The predicted octanol–water partition coefficient (Wildman–Crippen LogP) is 3.95. The third-order valence-electron chi connectivity index (χ3n) is 2.85. The second-order valence-corrected chi connectivity index (χ2v) is 4.61. The summed E-state index contributed by atoms with van der Waals surface area (Å²) in [7, 11) is 0. The highest BCUT2D eigenvalue weighted by atomic mass is 35.5. The number of ketones is 1. The van der Waals surface area contributed by atoms with E-state index in [-0.39, 0.29) is 16.1 Å². The summed E-state index contributed by atoms with van der Waals surface area (Å²) >= 11 is 5.81. The van der Waals surface area contributed by atoms with Gasteiger partial charge in [-0.2, -0.15) is 0 Å². The first-order valence-electron chi connectivity index (χ1n) is 5.80. The van der Waals surface area contributed by atoms with Crippen LogP contribution in [0.4, 0.5) is 14.5 Å². The Hall–Kier alpha value is -2.34. The first-order chi connectivity index (χ1) is 9.91. The zero-order chi connectivity index (χ0) is 15.6. The van der Waals surface area contributed by atoms with E-state index < -0.39 is 34.4 Å². The Morgan fingerprint density at radius 1 is 1.19 bits per heavy atom. The molecule has 0 saturated carbocycles. The number of nitrogens with zero attached hydrogens (tertiary/aromatic N) is 1. The molecular weight excluding hydrogens is 304 g/mol. The molecule has 0 aliphatic carbocycles. The van der Waals surface area contributed by atoms with E-state index >= 15 is 0 Å². The van der Waals surface area contributed by atoms with Gasteiger partial charge in [-0.05, 0) is 17.7 Å². The maximum absolute atomic E-state index is 13.5. The lowest BCUT2D eigenvalue weighted by Gasteiger charge is -2.06. The summed E-state index contributed by atoms with van der Waals surface area (Å²) in [6, 6.07) is 7.19. The molecule has 7 heteroatoms. The maximum atomic E-state index is 13.5. The molecule has 2 rings (SSSR count). The normalized spacial score (nSPS) is 10.4. The number of rotatable bonds is 4. The van der Waals surface area contributed by atoms with Crippen molar-refractivity contribution in [3.05, 3.63) is 74.3 Å². The van der Waals surface area contributed by atoms with E-state index in [1.165, 1.54) is 24.3 Å². The van der Waals surface area contributed by atoms with Gasteiger partial charge in [-0.15, -0.1) is 0 Å². The van der Waals surface area contributed by atoms with Crippen LogP contribution in [-0.2, 0) is 6.42 Å². The Morgan fingerprint density at radius 2 is 1.86 bits per heavy atom. The van der Waals surface area contributed by atoms with E-state index in [1.54, 1.807) is 0 Å². The molecule has 0 saturated heterocycles. The van der Waals surface area contributed by atoms with Crippen LogP contribution in [0.25, 0.3) is 0 Å². The lowest BCUT2D eigenvalue weighted by atomic mass is 10.0. The monoisotopic (exact) mass is 311 g/mol. The van der Waals surface area contributed by atoms with E-state index in [9.17, 15) is 23.7 Å². The van der Waals surface area contributed by atoms with Crippen molar-refractivity contribution >= 4 is 23.1 Å². The molecule has 2 aromatic rings. The summed E-state index contributed by atoms with van der Waals surface area (Å²) in [6.07, 6.45) is -0.520. The Labute approximate surface area is 123 Å². The molecule has 0 aliphatic heterocycles. The summed E-state index contributed by atoms with van der Waals surface area (Å²) < 4.78 is 26.6. The van der Waals surface area contributed by atoms with E-state index in [2.05, 4.69) is 0 Å². The van der Waals surface area contributed by atoms with Crippen LogP contribution in [0.5, 0.6) is 0 Å². The molecule has 0 aliphatic rings. The van der Waals surface area contributed by atoms with Crippen LogP contribution >= 0.6 is 11.6 Å². The van der Waals surface area contributed by atoms with Gasteiger partial charge in [-0.3, -0.25) is 14.9 Å². The number of carbonyl (C=O) groups excluding carboxylic acids is 1. The number of halogens is 3. The topological polar surface area (TPSA) is 60.2 Å². The minimum atomic E-state index is -1.15. The molecule has 2 aromatic carbocycles. The first kappa shape index (κ1) is 15.1. The minimum absolute atomic E-state index is 0.106. The molecule has 0 fully saturated rings. The fourth-order valence-electron chi connectivity index (χ4n) is 1.89. The first-order valence-corrected chi connectivity index (χ1v) is 6.18. The third-order valence-corrected chi connectivity index (χ3v) is 3.16. The minimum Gasteiger partial charge on any atom is -0.293 e. The molecule has 0 N–H and O–H groups in total. The predicted molar refractivity (Wildman–Crippen MR) is 72.5 cm³/mol. The highest BCUT2D eigenvalue weighted by Crippen LogP contribution is 2.28. The molecule has 0 amide bonds. The molecular formula is C14H8ClF2NO3. The van der Waals surface area contributed by atoms with E-state index in [0.717, 1.165) is 12.1 Å². The molecule has 0 aromatic heterocycles. The Kier molecular flexibility index (Phi) is 4.28. The van der Waals surface area contributed by atoms with E-state index in [1.807, 2.05) is 0 Å². The van der Waals surface area contributed by atoms with Crippen LogP contribution in [0.3, 0.4) is 0 Å². The number of nitro benzene ring substituents is 1. The van der Waals surface area contributed by atoms with Gasteiger partial charge in [0.1, 0.15) is 5.56 Å². The number of benzene rings is 2. The molecule has 4 nitrogen and oxygen atoms in total. The molecule has 21 heavy (non-hydrogen) atoms. The van der Waals surface area contributed by atoms with Crippen LogP contribution in [0.2, 0.25) is 5.02 Å². The number of hydrogen-bond donors (Lipinski definition) is 0. The van der Waals surface area contributed by atoms with Gasteiger partial charge in [-0.25, -0.2) is 8.78 Å². The van der Waals surface area contributed by atoms with Crippen LogP contribution < -0.4 is 0 Å². The fraction of sp³-hybridized carbons (Fsp3) is 0.0714. The Bertz CT molecular complexity index is 734. The fourth-order valence-corrected chi connectivity index (χ4v) is 2.16. The van der Waals surface area contributed by atoms with Crippen molar-refractivity contribution in [3.8, 4) is 0 Å². The van der Waals surface area contributed by atoms with Gasteiger partial charge >= 0.3 is 0 Å². The van der Waals surface area contributed by atoms with Crippen molar-refractivity contribution in [2.45, 2.75) is 6.42 Å². The molecule has 0 atom stereocenters. The van der Waals surface area contributed by atoms with Gasteiger partial charge in [0, 0.05) is 12.5 Å². The number of Topliss-reactive ketones (excluding diaryl/α,β-unsaturated/α-hetero) is 1. The smallest absolute Gasteiger partial charge is 0.281 e. The van der Waals surface area contributed by atoms with Crippen molar-refractivity contribution in [3.63, 3.8) is 0 Å². The van der Waals surface area contributed by atoms with Crippen molar-refractivity contribution in [2.24, 2.45) is 0 Å². The van der Waals surface area contributed by atoms with Crippen LogP contribution in [0, 0.1) is 21.7 Å². The Morgan fingerprint density at radius 3 is 2.52 bits per heavy atom. The van der Waals surface area contributed by atoms with Gasteiger partial charge in [0.25, 0.3) is 5.69 Å². The van der Waals surface area contributed by atoms with Crippen molar-refractivity contribution in [1.29, 1.82) is 0 Å². The average Bonchev–Trinajstić information content (AvgIpc) is 2.43. The van der Waals surface area contributed by atoms with Crippen LogP contribution in [-0.4, -0.2) is 10.7 Å². The summed E-state index contributed by atoms with van der Waals surface area (Å²) in [5.41, 5.74) is -0.966. The Balaban J connectivity index is 2.42. The van der Waals surface area contributed by atoms with Gasteiger partial charge in [0.15, 0.2) is 17.4 Å². The highest BCUT2D eigenvalue weighted by molar-refractivity contribution is 6.34. The average molecular weight is 312 g/mol. The summed E-state index contributed by atoms with van der Waals surface area (Å²) in [4.78, 5) is 22.3. The number of hydrogen-bond acceptors (Lipinski definition) is 3. The molecule has 0 bridgehead atoms. The highest BCUT2D eigenvalue weighted by Gasteiger charge is 2.24. The second-order valence-electron chi connectivity index (χ2n) is 4.20. The summed E-state index contributed by atoms with van der Waals surface area (Å²) in [5, 5.41) is 10.8. The van der Waals surface area contributed by atoms with Crippen molar-refractivity contribution in [1.82, 2.24) is 0 Å². The lowest BCUT2D eigenvalue weighted by molar-refractivity contribution is -0.385. The van der Waals surface area contributed by atoms with Crippen molar-refractivity contribution in [2.75, 3.05) is 0 Å². The zero-order valence-corrected chi connectivity index (χ0v) is 11.2. The van der Waals surface area contributed by atoms with E-state index in [4.69, 9.17) is 11.6 Å². The molecule has 0 radical (unpaired) electrons. The SMILES string of the molecule is O=C(Cc1cccc(F)c1F)c1c(Cl)cccc1[N+](=O)[O-]. The number of nitro groups is 1. The standard InChI is InChI=1S/C14H8ClF2NO3/c15-9-4-2-6-11(18(20)21)13(9)12(19)7-8-3-1-5-10(16)14(8)17/h1-6H,7H2. The largest absolute Gasteiger partial charge is 0.293 e. The van der Waals surface area contributed by atoms with Gasteiger partial charge in [0.05, 0.1) is 9.95 Å². The van der Waals surface area contributed by atoms with Crippen LogP contribution in [0.1, 0.15) is 15.9 Å².